The molecule has 2 aliphatic rings. The van der Waals surface area contributed by atoms with E-state index in [1.165, 1.54) is 55.7 Å². The van der Waals surface area contributed by atoms with Gasteiger partial charge < -0.3 is 4.90 Å². The van der Waals surface area contributed by atoms with Crippen LogP contribution in [0.5, 0.6) is 0 Å². The molecule has 4 aromatic rings. The number of benzene rings is 4. The Morgan fingerprint density at radius 3 is 1.16 bits per heavy atom. The summed E-state index contributed by atoms with van der Waals surface area (Å²) in [6.07, 6.45) is 9.96. The van der Waals surface area contributed by atoms with Crippen LogP contribution in [0.4, 0.5) is 0 Å². The van der Waals surface area contributed by atoms with Crippen molar-refractivity contribution in [2.24, 2.45) is 0 Å². The summed E-state index contributed by atoms with van der Waals surface area (Å²) in [5.41, 5.74) is 13.0. The number of rotatable bonds is 6. The maximum Gasteiger partial charge on any atom is 0.0394 e. The van der Waals surface area contributed by atoms with Crippen molar-refractivity contribution in [1.29, 1.82) is 0 Å². The molecular formula is C37H37N. The first-order valence-corrected chi connectivity index (χ1v) is 14.0. The summed E-state index contributed by atoms with van der Waals surface area (Å²) in [6, 6.07) is 34.6. The van der Waals surface area contributed by atoms with E-state index in [0.29, 0.717) is 25.9 Å². The predicted molar refractivity (Wildman–Crippen MR) is 161 cm³/mol. The van der Waals surface area contributed by atoms with Crippen LogP contribution in [-0.4, -0.2) is 25.0 Å². The fraction of sp³-hybridized carbons (Fsp3) is 0.243. The lowest BCUT2D eigenvalue weighted by molar-refractivity contribution is 0.348. The van der Waals surface area contributed by atoms with Crippen LogP contribution in [0.15, 0.2) is 109 Å². The molecule has 4 aromatic carbocycles. The molecule has 0 N–H and O–H groups in total. The molecule has 0 saturated carbocycles. The van der Waals surface area contributed by atoms with E-state index in [1.54, 1.807) is 4.90 Å². The summed E-state index contributed by atoms with van der Waals surface area (Å²) in [6.45, 7) is -1.17. The Morgan fingerprint density at radius 1 is 0.526 bits per heavy atom. The Morgan fingerprint density at radius 2 is 0.842 bits per heavy atom. The highest BCUT2D eigenvalue weighted by atomic mass is 15.1. The van der Waals surface area contributed by atoms with Crippen LogP contribution in [0, 0.1) is 0 Å². The molecule has 0 atom stereocenters. The van der Waals surface area contributed by atoms with Gasteiger partial charge in [0.15, 0.2) is 0 Å². The molecule has 6 rings (SSSR count). The van der Waals surface area contributed by atoms with Crippen LogP contribution in [0.3, 0.4) is 0 Å². The third-order valence-electron chi connectivity index (χ3n) is 8.05. The van der Waals surface area contributed by atoms with E-state index < -0.39 is 6.98 Å². The molecule has 0 spiro atoms. The Balaban J connectivity index is 1.24. The number of hydrogen-bond donors (Lipinski definition) is 0. The topological polar surface area (TPSA) is 3.24 Å². The molecule has 1 nitrogen and oxygen atoms in total. The molecule has 38 heavy (non-hydrogen) atoms. The van der Waals surface area contributed by atoms with Crippen molar-refractivity contribution in [2.45, 2.75) is 38.5 Å². The van der Waals surface area contributed by atoms with Crippen LogP contribution >= 0.6 is 0 Å². The van der Waals surface area contributed by atoms with Crippen molar-refractivity contribution in [2.75, 3.05) is 20.1 Å². The Hall–Kier alpha value is -3.68. The standard InChI is InChI=1S/C37H37N/c1-38(26-10-20-36-32-16-6-2-12-28(32)22-23-29-13-3-7-17-33(29)36)27-11-21-37-34-18-8-4-14-30(34)24-25-31-15-5-9-19-35(31)37/h2-9,12-21H,10-11,22-27H2,1H3/i1D3. The van der Waals surface area contributed by atoms with Crippen LogP contribution in [-0.2, 0) is 25.7 Å². The quantitative estimate of drug-likeness (QED) is 0.259. The molecule has 0 fully saturated rings. The summed E-state index contributed by atoms with van der Waals surface area (Å²) in [5.74, 6) is 0. The van der Waals surface area contributed by atoms with E-state index in [2.05, 4.69) is 109 Å². The van der Waals surface area contributed by atoms with Gasteiger partial charge in [0.25, 0.3) is 0 Å². The highest BCUT2D eigenvalue weighted by Crippen LogP contribution is 2.35. The summed E-state index contributed by atoms with van der Waals surface area (Å²) >= 11 is 0. The van der Waals surface area contributed by atoms with Gasteiger partial charge in [-0.2, -0.15) is 0 Å². The summed E-state index contributed by atoms with van der Waals surface area (Å²) in [5, 5.41) is 0. The minimum atomic E-state index is -2.14. The van der Waals surface area contributed by atoms with Crippen LogP contribution < -0.4 is 0 Å². The molecule has 0 radical (unpaired) electrons. The van der Waals surface area contributed by atoms with Crippen molar-refractivity contribution >= 4 is 11.1 Å². The second-order valence-corrected chi connectivity index (χ2v) is 10.4. The molecule has 0 amide bonds. The smallest absolute Gasteiger partial charge is 0.0394 e. The van der Waals surface area contributed by atoms with Gasteiger partial charge in [0.05, 0.1) is 0 Å². The second kappa shape index (κ2) is 11.4. The van der Waals surface area contributed by atoms with Gasteiger partial charge >= 0.3 is 0 Å². The molecule has 0 aliphatic heterocycles. The Labute approximate surface area is 232 Å². The van der Waals surface area contributed by atoms with E-state index in [-0.39, 0.29) is 0 Å². The molecule has 190 valence electrons. The zero-order valence-electron chi connectivity index (χ0n) is 25.0. The Kier molecular flexibility index (Phi) is 6.37. The average molecular weight is 499 g/mol. The molecular weight excluding hydrogens is 458 g/mol. The van der Waals surface area contributed by atoms with E-state index in [4.69, 9.17) is 4.11 Å². The monoisotopic (exact) mass is 498 g/mol. The summed E-state index contributed by atoms with van der Waals surface area (Å²) in [4.78, 5) is 1.67. The number of hydrogen-bond acceptors (Lipinski definition) is 1. The lowest BCUT2D eigenvalue weighted by atomic mass is 9.93. The van der Waals surface area contributed by atoms with Gasteiger partial charge in [-0.1, -0.05) is 109 Å². The SMILES string of the molecule is [2H]C([2H])([2H])N(CCC=C1c2ccccc2CCc2ccccc21)CCC=C1c2ccccc2CCc2ccccc21. The molecule has 0 saturated heterocycles. The van der Waals surface area contributed by atoms with Crippen molar-refractivity contribution in [1.82, 2.24) is 4.90 Å². The van der Waals surface area contributed by atoms with E-state index in [0.717, 1.165) is 25.7 Å². The fourth-order valence-corrected chi connectivity index (χ4v) is 6.11. The van der Waals surface area contributed by atoms with Gasteiger partial charge in [0, 0.05) is 17.2 Å². The van der Waals surface area contributed by atoms with E-state index >= 15 is 0 Å². The average Bonchev–Trinajstić information content (AvgIpc) is 3.24. The van der Waals surface area contributed by atoms with Crippen molar-refractivity contribution in [3.05, 3.63) is 154 Å². The number of aryl methyl sites for hydroxylation is 4. The van der Waals surface area contributed by atoms with Gasteiger partial charge in [-0.15, -0.1) is 0 Å². The first-order valence-electron chi connectivity index (χ1n) is 15.5. The lowest BCUT2D eigenvalue weighted by Crippen LogP contribution is -2.20. The molecule has 0 aromatic heterocycles. The maximum atomic E-state index is 8.29. The predicted octanol–water partition coefficient (Wildman–Crippen LogP) is 8.16. The molecule has 0 unspecified atom stereocenters. The summed E-state index contributed by atoms with van der Waals surface area (Å²) < 4.78 is 24.9. The highest BCUT2D eigenvalue weighted by Gasteiger charge is 2.18. The minimum absolute atomic E-state index is 0.487. The van der Waals surface area contributed by atoms with Crippen LogP contribution in [0.2, 0.25) is 0 Å². The minimum Gasteiger partial charge on any atom is -0.306 e. The van der Waals surface area contributed by atoms with Gasteiger partial charge in [-0.25, -0.2) is 0 Å². The van der Waals surface area contributed by atoms with Gasteiger partial charge in [0.2, 0.25) is 0 Å². The zero-order chi connectivity index (χ0) is 28.2. The van der Waals surface area contributed by atoms with E-state index in [1.807, 2.05) is 0 Å². The maximum absolute atomic E-state index is 8.29. The number of nitrogens with zero attached hydrogens (tertiary/aromatic N) is 1. The molecule has 0 bridgehead atoms. The third-order valence-corrected chi connectivity index (χ3v) is 8.05. The second-order valence-electron chi connectivity index (χ2n) is 10.4. The number of fused-ring (bicyclic) bond motifs is 4. The van der Waals surface area contributed by atoms with E-state index in [9.17, 15) is 0 Å². The first-order chi connectivity index (χ1) is 20.0. The fourth-order valence-electron chi connectivity index (χ4n) is 6.11. The largest absolute Gasteiger partial charge is 0.306 e. The van der Waals surface area contributed by atoms with Gasteiger partial charge in [-0.05, 0) is 101 Å². The van der Waals surface area contributed by atoms with Crippen molar-refractivity contribution < 1.29 is 4.11 Å². The molecule has 1 heteroatoms. The van der Waals surface area contributed by atoms with Crippen LogP contribution in [0.1, 0.15) is 61.5 Å². The third kappa shape index (κ3) is 5.17. The van der Waals surface area contributed by atoms with Crippen molar-refractivity contribution in [3.8, 4) is 0 Å². The lowest BCUT2D eigenvalue weighted by Gasteiger charge is -2.17. The summed E-state index contributed by atoms with van der Waals surface area (Å²) in [7, 11) is 0. The molecule has 0 heterocycles. The van der Waals surface area contributed by atoms with Gasteiger partial charge in [0.1, 0.15) is 0 Å². The van der Waals surface area contributed by atoms with Crippen LogP contribution in [0.25, 0.3) is 11.1 Å². The van der Waals surface area contributed by atoms with Crippen molar-refractivity contribution in [3.63, 3.8) is 0 Å². The zero-order valence-corrected chi connectivity index (χ0v) is 22.0. The molecule has 2 aliphatic carbocycles. The van der Waals surface area contributed by atoms with Gasteiger partial charge in [-0.3, -0.25) is 0 Å². The Bertz CT molecular complexity index is 1380. The first kappa shape index (κ1) is 21.3. The highest BCUT2D eigenvalue weighted by molar-refractivity contribution is 5.84. The normalized spacial score (nSPS) is 15.6.